The van der Waals surface area contributed by atoms with Gasteiger partial charge in [0.25, 0.3) is 5.91 Å². The summed E-state index contributed by atoms with van der Waals surface area (Å²) >= 11 is 0. The molecule has 1 aliphatic rings. The lowest BCUT2D eigenvalue weighted by molar-refractivity contribution is -0.123. The van der Waals surface area contributed by atoms with Gasteiger partial charge < -0.3 is 15.8 Å². The molecule has 0 spiro atoms. The number of nitrogens with two attached hydrogens (primary N) is 1. The second-order valence-electron chi connectivity index (χ2n) is 4.34. The van der Waals surface area contributed by atoms with Gasteiger partial charge in [-0.05, 0) is 18.8 Å². The summed E-state index contributed by atoms with van der Waals surface area (Å²) in [5, 5.41) is 2.66. The zero-order valence-corrected chi connectivity index (χ0v) is 9.71. The molecule has 1 amide bonds. The Morgan fingerprint density at radius 2 is 2.11 bits per heavy atom. The molecule has 0 bridgehead atoms. The first kappa shape index (κ1) is 12.6. The largest absolute Gasteiger partial charge is 0.481 e. The average molecular weight is 256 g/mol. The molecule has 0 radical (unpaired) electrons. The number of ether oxygens (including phenoxy) is 1. The van der Waals surface area contributed by atoms with Crippen molar-refractivity contribution >= 4 is 11.6 Å². The van der Waals surface area contributed by atoms with Gasteiger partial charge in [-0.3, -0.25) is 4.79 Å². The van der Waals surface area contributed by atoms with E-state index in [9.17, 15) is 13.6 Å². The van der Waals surface area contributed by atoms with Crippen LogP contribution < -0.4 is 15.8 Å². The number of halogens is 2. The van der Waals surface area contributed by atoms with E-state index in [2.05, 4.69) is 5.32 Å². The Hall–Kier alpha value is -1.85. The summed E-state index contributed by atoms with van der Waals surface area (Å²) in [6.45, 7) is 0.272. The first-order chi connectivity index (χ1) is 8.56. The second-order valence-corrected chi connectivity index (χ2v) is 4.34. The van der Waals surface area contributed by atoms with Gasteiger partial charge in [-0.15, -0.1) is 0 Å². The molecule has 3 N–H and O–H groups in total. The van der Waals surface area contributed by atoms with E-state index in [-0.39, 0.29) is 24.0 Å². The molecule has 0 unspecified atom stereocenters. The molecule has 1 aromatic rings. The lowest BCUT2D eigenvalue weighted by Gasteiger charge is -2.08. The van der Waals surface area contributed by atoms with Crippen LogP contribution in [0.15, 0.2) is 12.1 Å². The van der Waals surface area contributed by atoms with Crippen molar-refractivity contribution in [3.8, 4) is 5.75 Å². The van der Waals surface area contributed by atoms with Crippen LogP contribution in [0.2, 0.25) is 0 Å². The number of carbonyl (C=O) groups excluding carboxylic acids is 1. The first-order valence-corrected chi connectivity index (χ1v) is 5.70. The third-order valence-corrected chi connectivity index (χ3v) is 2.69. The second kappa shape index (κ2) is 5.20. The van der Waals surface area contributed by atoms with Crippen molar-refractivity contribution in [2.45, 2.75) is 12.8 Å². The minimum atomic E-state index is -0.788. The summed E-state index contributed by atoms with van der Waals surface area (Å²) in [7, 11) is 0. The number of hydrogen-bond donors (Lipinski definition) is 2. The monoisotopic (exact) mass is 256 g/mol. The highest BCUT2D eigenvalue weighted by Crippen LogP contribution is 2.27. The number of anilines is 1. The Bertz CT molecular complexity index is 462. The van der Waals surface area contributed by atoms with Gasteiger partial charge in [-0.2, -0.15) is 0 Å². The SMILES string of the molecule is Nc1cc(F)c(OCC(=O)NCC2CC2)cc1F. The van der Waals surface area contributed by atoms with Gasteiger partial charge in [0.1, 0.15) is 5.82 Å². The maximum absolute atomic E-state index is 13.3. The molecule has 0 saturated heterocycles. The zero-order valence-electron chi connectivity index (χ0n) is 9.71. The molecule has 1 aromatic carbocycles. The van der Waals surface area contributed by atoms with Crippen LogP contribution in [-0.4, -0.2) is 19.1 Å². The first-order valence-electron chi connectivity index (χ1n) is 5.70. The van der Waals surface area contributed by atoms with Gasteiger partial charge in [0, 0.05) is 18.7 Å². The van der Waals surface area contributed by atoms with Crippen LogP contribution in [-0.2, 0) is 4.79 Å². The van der Waals surface area contributed by atoms with Crippen LogP contribution in [0.5, 0.6) is 5.75 Å². The molecule has 2 rings (SSSR count). The van der Waals surface area contributed by atoms with E-state index in [0.29, 0.717) is 12.5 Å². The fourth-order valence-electron chi connectivity index (χ4n) is 1.43. The van der Waals surface area contributed by atoms with E-state index < -0.39 is 11.6 Å². The molecule has 0 aliphatic heterocycles. The van der Waals surface area contributed by atoms with Crippen LogP contribution >= 0.6 is 0 Å². The van der Waals surface area contributed by atoms with Crippen molar-refractivity contribution in [1.29, 1.82) is 0 Å². The quantitative estimate of drug-likeness (QED) is 0.784. The summed E-state index contributed by atoms with van der Waals surface area (Å²) in [6, 6.07) is 1.66. The van der Waals surface area contributed by atoms with E-state index in [1.54, 1.807) is 0 Å². The minimum absolute atomic E-state index is 0.293. The van der Waals surface area contributed by atoms with Gasteiger partial charge in [-0.25, -0.2) is 8.78 Å². The average Bonchev–Trinajstić information content (AvgIpc) is 3.13. The number of nitrogens with one attached hydrogen (secondary N) is 1. The van der Waals surface area contributed by atoms with Crippen molar-refractivity contribution in [3.05, 3.63) is 23.8 Å². The molecule has 1 fully saturated rings. The molecule has 4 nitrogen and oxygen atoms in total. The van der Waals surface area contributed by atoms with E-state index in [4.69, 9.17) is 10.5 Å². The highest BCUT2D eigenvalue weighted by molar-refractivity contribution is 5.77. The lowest BCUT2D eigenvalue weighted by atomic mass is 10.3. The van der Waals surface area contributed by atoms with Gasteiger partial charge in [0.15, 0.2) is 18.2 Å². The van der Waals surface area contributed by atoms with E-state index in [1.807, 2.05) is 0 Å². The van der Waals surface area contributed by atoms with Crippen LogP contribution in [0.3, 0.4) is 0 Å². The molecule has 6 heteroatoms. The number of amides is 1. The molecule has 0 heterocycles. The van der Waals surface area contributed by atoms with Crippen LogP contribution in [0.25, 0.3) is 0 Å². The van der Waals surface area contributed by atoms with Crippen molar-refractivity contribution in [2.24, 2.45) is 5.92 Å². The highest BCUT2D eigenvalue weighted by atomic mass is 19.1. The fourth-order valence-corrected chi connectivity index (χ4v) is 1.43. The molecule has 18 heavy (non-hydrogen) atoms. The fraction of sp³-hybridized carbons (Fsp3) is 0.417. The summed E-state index contributed by atoms with van der Waals surface area (Å²) in [5.41, 5.74) is 4.89. The predicted octanol–water partition coefficient (Wildman–Crippen LogP) is 1.45. The Morgan fingerprint density at radius 3 is 2.78 bits per heavy atom. The third-order valence-electron chi connectivity index (χ3n) is 2.69. The standard InChI is InChI=1S/C12H14F2N2O2/c13-8-4-11(9(14)3-10(8)15)18-6-12(17)16-5-7-1-2-7/h3-4,7H,1-2,5-6,15H2,(H,16,17). The normalized spacial score (nSPS) is 14.3. The molecule has 0 atom stereocenters. The third kappa shape index (κ3) is 3.32. The number of hydrogen-bond acceptors (Lipinski definition) is 3. The van der Waals surface area contributed by atoms with Gasteiger partial charge in [0.05, 0.1) is 5.69 Å². The number of benzene rings is 1. The molecule has 1 aliphatic carbocycles. The number of carbonyl (C=O) groups is 1. The molecule has 98 valence electrons. The van der Waals surface area contributed by atoms with Crippen molar-refractivity contribution in [3.63, 3.8) is 0 Å². The Balaban J connectivity index is 1.84. The zero-order chi connectivity index (χ0) is 13.1. The Morgan fingerprint density at radius 1 is 1.39 bits per heavy atom. The van der Waals surface area contributed by atoms with Gasteiger partial charge in [-0.1, -0.05) is 0 Å². The number of rotatable bonds is 5. The molecular formula is C12H14F2N2O2. The van der Waals surface area contributed by atoms with Crippen molar-refractivity contribution < 1.29 is 18.3 Å². The molecule has 0 aromatic heterocycles. The van der Waals surface area contributed by atoms with Crippen LogP contribution in [0, 0.1) is 17.6 Å². The summed E-state index contributed by atoms with van der Waals surface area (Å²) in [4.78, 5) is 11.3. The predicted molar refractivity (Wildman–Crippen MR) is 62.0 cm³/mol. The van der Waals surface area contributed by atoms with E-state index >= 15 is 0 Å². The molecule has 1 saturated carbocycles. The van der Waals surface area contributed by atoms with Crippen LogP contribution in [0.4, 0.5) is 14.5 Å². The van der Waals surface area contributed by atoms with E-state index in [0.717, 1.165) is 25.0 Å². The maximum atomic E-state index is 13.3. The summed E-state index contributed by atoms with van der Waals surface area (Å²) in [5.74, 6) is -1.67. The summed E-state index contributed by atoms with van der Waals surface area (Å²) < 4.78 is 31.3. The highest BCUT2D eigenvalue weighted by Gasteiger charge is 2.21. The maximum Gasteiger partial charge on any atom is 0.257 e. The lowest BCUT2D eigenvalue weighted by Crippen LogP contribution is -2.30. The van der Waals surface area contributed by atoms with E-state index in [1.165, 1.54) is 0 Å². The number of nitrogen functional groups attached to an aromatic ring is 1. The Kier molecular flexibility index (Phi) is 3.64. The van der Waals surface area contributed by atoms with Crippen molar-refractivity contribution in [2.75, 3.05) is 18.9 Å². The van der Waals surface area contributed by atoms with Gasteiger partial charge >= 0.3 is 0 Å². The smallest absolute Gasteiger partial charge is 0.257 e. The van der Waals surface area contributed by atoms with Crippen LogP contribution in [0.1, 0.15) is 12.8 Å². The topological polar surface area (TPSA) is 64.3 Å². The molecular weight excluding hydrogens is 242 g/mol. The van der Waals surface area contributed by atoms with Crippen molar-refractivity contribution in [1.82, 2.24) is 5.32 Å². The Labute approximate surface area is 103 Å². The van der Waals surface area contributed by atoms with Gasteiger partial charge in [0.2, 0.25) is 0 Å². The summed E-state index contributed by atoms with van der Waals surface area (Å²) in [6.07, 6.45) is 2.25. The minimum Gasteiger partial charge on any atom is -0.481 e.